The largest absolute Gasteiger partial charge is 0.307 e. The summed E-state index contributed by atoms with van der Waals surface area (Å²) < 4.78 is 34.3. The van der Waals surface area contributed by atoms with Crippen LogP contribution >= 0.6 is 11.6 Å². The lowest BCUT2D eigenvalue weighted by molar-refractivity contribution is -0.117. The Kier molecular flexibility index (Phi) is 3.05. The van der Waals surface area contributed by atoms with Crippen LogP contribution in [0.15, 0.2) is 18.3 Å². The van der Waals surface area contributed by atoms with Gasteiger partial charge in [-0.25, -0.2) is 4.98 Å². The van der Waals surface area contributed by atoms with Gasteiger partial charge in [0.25, 0.3) is 0 Å². The maximum Gasteiger partial charge on any atom is 0.307 e. The molecule has 1 aliphatic rings. The van der Waals surface area contributed by atoms with Gasteiger partial charge >= 0.3 is 10.2 Å². The van der Waals surface area contributed by atoms with Gasteiger partial charge in [0.1, 0.15) is 5.25 Å². The summed E-state index contributed by atoms with van der Waals surface area (Å²) in [5.41, 5.74) is 0. The number of hydrogen-bond donors (Lipinski definition) is 0. The molecule has 0 aliphatic carbocycles. The highest BCUT2D eigenvalue weighted by molar-refractivity contribution is 7.87. The average molecular weight is 279 g/mol. The van der Waals surface area contributed by atoms with Gasteiger partial charge < -0.3 is 0 Å². The fourth-order valence-electron chi connectivity index (χ4n) is 1.64. The van der Waals surface area contributed by atoms with E-state index in [0.717, 1.165) is 4.90 Å². The van der Waals surface area contributed by atoms with Crippen molar-refractivity contribution >= 4 is 33.5 Å². The van der Waals surface area contributed by atoms with Crippen molar-refractivity contribution in [2.24, 2.45) is 0 Å². The standard InChI is InChI=1S/C9H8ClFN2O3S/c10-7-2-1-3-12-9(7)13-5-6(4-8(13)14)17(11,15)16/h1-3,6H,4-5H2. The summed E-state index contributed by atoms with van der Waals surface area (Å²) in [4.78, 5) is 16.6. The zero-order chi connectivity index (χ0) is 12.6. The first-order chi connectivity index (χ1) is 7.89. The average Bonchev–Trinajstić information content (AvgIpc) is 2.61. The molecular formula is C9H8ClFN2O3S. The van der Waals surface area contributed by atoms with E-state index in [0.29, 0.717) is 0 Å². The Morgan fingerprint density at radius 3 is 2.76 bits per heavy atom. The predicted molar refractivity (Wildman–Crippen MR) is 60.0 cm³/mol. The molecule has 92 valence electrons. The van der Waals surface area contributed by atoms with E-state index in [2.05, 4.69) is 4.98 Å². The molecule has 1 fully saturated rings. The molecule has 0 saturated carbocycles. The minimum Gasteiger partial charge on any atom is -0.294 e. The zero-order valence-corrected chi connectivity index (χ0v) is 10.1. The molecule has 0 radical (unpaired) electrons. The minimum absolute atomic E-state index is 0.158. The van der Waals surface area contributed by atoms with Gasteiger partial charge in [-0.1, -0.05) is 11.6 Å². The maximum absolute atomic E-state index is 12.8. The highest BCUT2D eigenvalue weighted by Crippen LogP contribution is 2.29. The summed E-state index contributed by atoms with van der Waals surface area (Å²) >= 11 is 5.83. The molecular weight excluding hydrogens is 271 g/mol. The maximum atomic E-state index is 12.8. The summed E-state index contributed by atoms with van der Waals surface area (Å²) in [6, 6.07) is 3.10. The number of halogens is 2. The van der Waals surface area contributed by atoms with Gasteiger partial charge in [0.05, 0.1) is 5.02 Å². The molecule has 1 atom stereocenters. The van der Waals surface area contributed by atoms with Gasteiger partial charge in [0, 0.05) is 19.2 Å². The number of carbonyl (C=O) groups excluding carboxylic acids is 1. The van der Waals surface area contributed by atoms with Crippen molar-refractivity contribution in [2.75, 3.05) is 11.4 Å². The van der Waals surface area contributed by atoms with Gasteiger partial charge in [-0.2, -0.15) is 8.42 Å². The van der Waals surface area contributed by atoms with Crippen molar-refractivity contribution in [1.82, 2.24) is 4.98 Å². The first-order valence-electron chi connectivity index (χ1n) is 4.74. The van der Waals surface area contributed by atoms with E-state index in [4.69, 9.17) is 11.6 Å². The molecule has 0 bridgehead atoms. The number of carbonyl (C=O) groups is 1. The Hall–Kier alpha value is -1.21. The summed E-state index contributed by atoms with van der Waals surface area (Å²) in [5, 5.41) is -1.12. The second kappa shape index (κ2) is 4.23. The second-order valence-corrected chi connectivity index (χ2v) is 5.64. The topological polar surface area (TPSA) is 67.3 Å². The number of aromatic nitrogens is 1. The second-order valence-electron chi connectivity index (χ2n) is 3.61. The molecule has 2 heterocycles. The van der Waals surface area contributed by atoms with Crippen molar-refractivity contribution in [3.8, 4) is 0 Å². The van der Waals surface area contributed by atoms with Crippen molar-refractivity contribution in [3.05, 3.63) is 23.4 Å². The first-order valence-corrected chi connectivity index (χ1v) is 6.56. The molecule has 0 aromatic carbocycles. The molecule has 1 aromatic heterocycles. The fourth-order valence-corrected chi connectivity index (χ4v) is 2.54. The van der Waals surface area contributed by atoms with Crippen LogP contribution < -0.4 is 4.90 Å². The summed E-state index contributed by atoms with van der Waals surface area (Å²) in [6.07, 6.45) is 1.04. The Bertz CT molecular complexity index is 563. The number of anilines is 1. The van der Waals surface area contributed by atoms with E-state index in [1.54, 1.807) is 6.07 Å². The number of pyridine rings is 1. The Labute approximate surface area is 102 Å². The summed E-state index contributed by atoms with van der Waals surface area (Å²) in [6.45, 7) is -0.256. The Morgan fingerprint density at radius 2 is 2.24 bits per heavy atom. The quantitative estimate of drug-likeness (QED) is 0.761. The Balaban J connectivity index is 2.31. The van der Waals surface area contributed by atoms with Crippen LogP contribution in [-0.4, -0.2) is 31.1 Å². The van der Waals surface area contributed by atoms with E-state index in [1.807, 2.05) is 0 Å². The Morgan fingerprint density at radius 1 is 1.53 bits per heavy atom. The molecule has 17 heavy (non-hydrogen) atoms. The van der Waals surface area contributed by atoms with Crippen LogP contribution in [0, 0.1) is 0 Å². The number of nitrogens with zero attached hydrogens (tertiary/aromatic N) is 2. The minimum atomic E-state index is -4.72. The van der Waals surface area contributed by atoms with Gasteiger partial charge in [0.2, 0.25) is 5.91 Å². The van der Waals surface area contributed by atoms with Crippen molar-refractivity contribution in [2.45, 2.75) is 11.7 Å². The first kappa shape index (κ1) is 12.3. The third-order valence-corrected chi connectivity index (χ3v) is 3.89. The lowest BCUT2D eigenvalue weighted by atomic mass is 10.4. The summed E-state index contributed by atoms with van der Waals surface area (Å²) in [7, 11) is -4.72. The van der Waals surface area contributed by atoms with Crippen LogP contribution in [0.1, 0.15) is 6.42 Å². The third-order valence-electron chi connectivity index (χ3n) is 2.48. The van der Waals surface area contributed by atoms with Gasteiger partial charge in [0.15, 0.2) is 5.82 Å². The van der Waals surface area contributed by atoms with Crippen molar-refractivity contribution in [1.29, 1.82) is 0 Å². The van der Waals surface area contributed by atoms with Crippen LogP contribution in [0.5, 0.6) is 0 Å². The number of rotatable bonds is 2. The molecule has 1 amide bonds. The molecule has 0 spiro atoms. The van der Waals surface area contributed by atoms with E-state index < -0.39 is 21.4 Å². The third kappa shape index (κ3) is 2.39. The molecule has 2 rings (SSSR count). The van der Waals surface area contributed by atoms with Crippen LogP contribution in [0.3, 0.4) is 0 Å². The van der Waals surface area contributed by atoms with E-state index in [9.17, 15) is 17.1 Å². The monoisotopic (exact) mass is 278 g/mol. The van der Waals surface area contributed by atoms with Crippen molar-refractivity contribution in [3.63, 3.8) is 0 Å². The molecule has 8 heteroatoms. The SMILES string of the molecule is O=C1CC(S(=O)(=O)F)CN1c1ncccc1Cl. The highest BCUT2D eigenvalue weighted by Gasteiger charge is 2.40. The highest BCUT2D eigenvalue weighted by atomic mass is 35.5. The molecule has 1 aliphatic heterocycles. The normalized spacial score (nSPS) is 20.9. The lowest BCUT2D eigenvalue weighted by Gasteiger charge is -2.15. The summed E-state index contributed by atoms with van der Waals surface area (Å²) in [5.74, 6) is -0.345. The van der Waals surface area contributed by atoms with E-state index in [-0.39, 0.29) is 23.8 Å². The van der Waals surface area contributed by atoms with Crippen LogP contribution in [-0.2, 0) is 15.0 Å². The lowest BCUT2D eigenvalue weighted by Crippen LogP contribution is -2.27. The molecule has 0 N–H and O–H groups in total. The van der Waals surface area contributed by atoms with Gasteiger partial charge in [-0.15, -0.1) is 3.89 Å². The number of hydrogen-bond acceptors (Lipinski definition) is 4. The molecule has 5 nitrogen and oxygen atoms in total. The van der Waals surface area contributed by atoms with Crippen molar-refractivity contribution < 1.29 is 17.1 Å². The van der Waals surface area contributed by atoms with Crippen LogP contribution in [0.25, 0.3) is 0 Å². The van der Waals surface area contributed by atoms with Gasteiger partial charge in [-0.3, -0.25) is 9.69 Å². The zero-order valence-electron chi connectivity index (χ0n) is 8.51. The fraction of sp³-hybridized carbons (Fsp3) is 0.333. The van der Waals surface area contributed by atoms with Crippen LogP contribution in [0.4, 0.5) is 9.70 Å². The molecule has 1 aromatic rings. The molecule has 1 unspecified atom stereocenters. The predicted octanol–water partition coefficient (Wildman–Crippen LogP) is 1.14. The molecule has 1 saturated heterocycles. The van der Waals surface area contributed by atoms with Crippen LogP contribution in [0.2, 0.25) is 5.02 Å². The van der Waals surface area contributed by atoms with E-state index in [1.165, 1.54) is 12.3 Å². The van der Waals surface area contributed by atoms with E-state index >= 15 is 0 Å². The number of amides is 1. The van der Waals surface area contributed by atoms with Gasteiger partial charge in [-0.05, 0) is 12.1 Å². The smallest absolute Gasteiger partial charge is 0.294 e.